The predicted octanol–water partition coefficient (Wildman–Crippen LogP) is 2.87. The molecule has 0 radical (unpaired) electrons. The number of rotatable bonds is 4. The molecule has 1 N–H and O–H groups in total. The first-order chi connectivity index (χ1) is 9.31. The number of hydrogen-bond acceptors (Lipinski definition) is 2. The molecular weight excluding hydrogens is 232 g/mol. The van der Waals surface area contributed by atoms with Crippen molar-refractivity contribution < 1.29 is 0 Å². The van der Waals surface area contributed by atoms with Gasteiger partial charge in [-0.3, -0.25) is 0 Å². The Hall–Kier alpha value is -0.860. The minimum Gasteiger partial charge on any atom is -0.316 e. The minimum absolute atomic E-state index is 0.547. The van der Waals surface area contributed by atoms with Crippen LogP contribution in [0.2, 0.25) is 0 Å². The van der Waals surface area contributed by atoms with E-state index in [0.717, 1.165) is 5.92 Å². The second kappa shape index (κ2) is 5.64. The van der Waals surface area contributed by atoms with Crippen LogP contribution in [0.1, 0.15) is 37.7 Å². The molecule has 3 rings (SSSR count). The van der Waals surface area contributed by atoms with Gasteiger partial charge in [0.2, 0.25) is 0 Å². The lowest BCUT2D eigenvalue weighted by Crippen LogP contribution is -2.37. The van der Waals surface area contributed by atoms with E-state index in [1.807, 2.05) is 0 Å². The maximum Gasteiger partial charge on any atom is 0.00510 e. The lowest BCUT2D eigenvalue weighted by Gasteiger charge is -2.32. The fourth-order valence-electron chi connectivity index (χ4n) is 3.79. The number of nitrogens with one attached hydrogen (secondary N) is 1. The van der Waals surface area contributed by atoms with Crippen molar-refractivity contribution in [2.24, 2.45) is 5.41 Å². The third-order valence-corrected chi connectivity index (χ3v) is 5.18. The van der Waals surface area contributed by atoms with E-state index in [-0.39, 0.29) is 0 Å². The van der Waals surface area contributed by atoms with Crippen LogP contribution in [0.15, 0.2) is 30.3 Å². The summed E-state index contributed by atoms with van der Waals surface area (Å²) >= 11 is 0. The van der Waals surface area contributed by atoms with E-state index in [0.29, 0.717) is 5.41 Å². The first-order valence-corrected chi connectivity index (χ1v) is 7.79. The van der Waals surface area contributed by atoms with Crippen molar-refractivity contribution >= 4 is 0 Å². The Morgan fingerprint density at radius 2 is 2.16 bits per heavy atom. The van der Waals surface area contributed by atoms with Gasteiger partial charge in [0.05, 0.1) is 0 Å². The van der Waals surface area contributed by atoms with Gasteiger partial charge in [0.1, 0.15) is 0 Å². The molecule has 2 atom stereocenters. The Bertz CT molecular complexity index is 395. The van der Waals surface area contributed by atoms with Gasteiger partial charge in [0.25, 0.3) is 0 Å². The van der Waals surface area contributed by atoms with Gasteiger partial charge in [-0.05, 0) is 49.2 Å². The Balaban J connectivity index is 1.60. The highest BCUT2D eigenvalue weighted by molar-refractivity contribution is 5.21. The number of likely N-dealkylation sites (tertiary alicyclic amines) is 1. The molecule has 2 heteroatoms. The quantitative estimate of drug-likeness (QED) is 0.893. The molecule has 2 unspecified atom stereocenters. The zero-order chi connectivity index (χ0) is 13.1. The third-order valence-electron chi connectivity index (χ3n) is 5.18. The Kier molecular flexibility index (Phi) is 3.90. The van der Waals surface area contributed by atoms with Gasteiger partial charge in [0, 0.05) is 19.6 Å². The fourth-order valence-corrected chi connectivity index (χ4v) is 3.79. The first kappa shape index (κ1) is 13.1. The Morgan fingerprint density at radius 1 is 1.32 bits per heavy atom. The summed E-state index contributed by atoms with van der Waals surface area (Å²) in [5.41, 5.74) is 2.08. The van der Waals surface area contributed by atoms with Gasteiger partial charge in [0.15, 0.2) is 0 Å². The molecule has 2 saturated heterocycles. The van der Waals surface area contributed by atoms with Gasteiger partial charge in [-0.25, -0.2) is 0 Å². The first-order valence-electron chi connectivity index (χ1n) is 7.79. The molecule has 0 saturated carbocycles. The van der Waals surface area contributed by atoms with Crippen LogP contribution in [-0.2, 0) is 0 Å². The average Bonchev–Trinajstić information content (AvgIpc) is 3.10. The normalized spacial score (nSPS) is 31.9. The molecule has 104 valence electrons. The van der Waals surface area contributed by atoms with Crippen LogP contribution in [0.3, 0.4) is 0 Å². The zero-order valence-corrected chi connectivity index (χ0v) is 12.1. The molecule has 1 aromatic carbocycles. The summed E-state index contributed by atoms with van der Waals surface area (Å²) in [7, 11) is 0. The topological polar surface area (TPSA) is 15.3 Å². The predicted molar refractivity (Wildman–Crippen MR) is 80.5 cm³/mol. The standard InChI is InChI=1S/C17H26N2/c1-2-17(9-10-18-13-17)14-19-11-8-16(12-19)15-6-4-3-5-7-15/h3-7,16,18H,2,8-14H2,1H3. The van der Waals surface area contributed by atoms with Crippen molar-refractivity contribution in [2.75, 3.05) is 32.7 Å². The van der Waals surface area contributed by atoms with Crippen LogP contribution in [0, 0.1) is 5.41 Å². The number of benzene rings is 1. The summed E-state index contributed by atoms with van der Waals surface area (Å²) in [6.07, 6.45) is 4.00. The summed E-state index contributed by atoms with van der Waals surface area (Å²) in [5.74, 6) is 0.754. The van der Waals surface area contributed by atoms with E-state index in [2.05, 4.69) is 47.5 Å². The van der Waals surface area contributed by atoms with E-state index < -0.39 is 0 Å². The van der Waals surface area contributed by atoms with E-state index >= 15 is 0 Å². The van der Waals surface area contributed by atoms with Crippen LogP contribution in [-0.4, -0.2) is 37.6 Å². The van der Waals surface area contributed by atoms with Crippen molar-refractivity contribution in [3.63, 3.8) is 0 Å². The average molecular weight is 258 g/mol. The van der Waals surface area contributed by atoms with Crippen molar-refractivity contribution in [1.29, 1.82) is 0 Å². The summed E-state index contributed by atoms with van der Waals surface area (Å²) < 4.78 is 0. The molecule has 2 aliphatic heterocycles. The smallest absolute Gasteiger partial charge is 0.00510 e. The summed E-state index contributed by atoms with van der Waals surface area (Å²) in [4.78, 5) is 2.70. The molecule has 0 aliphatic carbocycles. The second-order valence-corrected chi connectivity index (χ2v) is 6.41. The van der Waals surface area contributed by atoms with E-state index in [1.165, 1.54) is 57.5 Å². The highest BCUT2D eigenvalue weighted by Gasteiger charge is 2.36. The fraction of sp³-hybridized carbons (Fsp3) is 0.647. The van der Waals surface area contributed by atoms with Gasteiger partial charge >= 0.3 is 0 Å². The second-order valence-electron chi connectivity index (χ2n) is 6.41. The number of nitrogens with zero attached hydrogens (tertiary/aromatic N) is 1. The SMILES string of the molecule is CCC1(CN2CCC(c3ccccc3)C2)CCNC1. The van der Waals surface area contributed by atoms with Crippen molar-refractivity contribution in [3.8, 4) is 0 Å². The maximum atomic E-state index is 3.55. The minimum atomic E-state index is 0.547. The Labute approximate surface area is 117 Å². The van der Waals surface area contributed by atoms with Crippen LogP contribution < -0.4 is 5.32 Å². The Morgan fingerprint density at radius 3 is 2.84 bits per heavy atom. The largest absolute Gasteiger partial charge is 0.316 e. The molecule has 0 bridgehead atoms. The molecule has 1 aromatic rings. The molecule has 2 nitrogen and oxygen atoms in total. The third kappa shape index (κ3) is 2.85. The van der Waals surface area contributed by atoms with Crippen molar-refractivity contribution in [2.45, 2.75) is 32.1 Å². The summed E-state index contributed by atoms with van der Waals surface area (Å²) in [6, 6.07) is 11.0. The van der Waals surface area contributed by atoms with Crippen LogP contribution >= 0.6 is 0 Å². The summed E-state index contributed by atoms with van der Waals surface area (Å²) in [5, 5.41) is 3.55. The lowest BCUT2D eigenvalue weighted by molar-refractivity contribution is 0.183. The van der Waals surface area contributed by atoms with Gasteiger partial charge in [-0.2, -0.15) is 0 Å². The highest BCUT2D eigenvalue weighted by atomic mass is 15.2. The molecular formula is C17H26N2. The van der Waals surface area contributed by atoms with Crippen molar-refractivity contribution in [1.82, 2.24) is 10.2 Å². The number of hydrogen-bond donors (Lipinski definition) is 1. The van der Waals surface area contributed by atoms with Crippen LogP contribution in [0.4, 0.5) is 0 Å². The monoisotopic (exact) mass is 258 g/mol. The molecule has 0 spiro atoms. The molecule has 0 amide bonds. The molecule has 19 heavy (non-hydrogen) atoms. The molecule has 2 aliphatic rings. The highest BCUT2D eigenvalue weighted by Crippen LogP contribution is 2.34. The van der Waals surface area contributed by atoms with Crippen LogP contribution in [0.5, 0.6) is 0 Å². The van der Waals surface area contributed by atoms with Gasteiger partial charge in [-0.15, -0.1) is 0 Å². The molecule has 0 aromatic heterocycles. The molecule has 2 heterocycles. The van der Waals surface area contributed by atoms with E-state index in [9.17, 15) is 0 Å². The lowest BCUT2D eigenvalue weighted by atomic mass is 9.84. The van der Waals surface area contributed by atoms with Gasteiger partial charge < -0.3 is 10.2 Å². The zero-order valence-electron chi connectivity index (χ0n) is 12.1. The van der Waals surface area contributed by atoms with Crippen molar-refractivity contribution in [3.05, 3.63) is 35.9 Å². The van der Waals surface area contributed by atoms with Crippen LogP contribution in [0.25, 0.3) is 0 Å². The molecule has 2 fully saturated rings. The van der Waals surface area contributed by atoms with E-state index in [1.54, 1.807) is 0 Å². The van der Waals surface area contributed by atoms with E-state index in [4.69, 9.17) is 0 Å². The van der Waals surface area contributed by atoms with Gasteiger partial charge in [-0.1, -0.05) is 37.3 Å². The summed E-state index contributed by atoms with van der Waals surface area (Å²) in [6.45, 7) is 8.62. The maximum absolute atomic E-state index is 3.55.